The summed E-state index contributed by atoms with van der Waals surface area (Å²) in [6.45, 7) is 4.98. The van der Waals surface area contributed by atoms with Crippen LogP contribution in [0, 0.1) is 0 Å². The molecule has 0 radical (unpaired) electrons. The van der Waals surface area contributed by atoms with Crippen LogP contribution >= 0.6 is 50.5 Å². The number of halogens is 3. The molecular weight excluding hydrogens is 381 g/mol. The molecule has 0 bridgehead atoms. The van der Waals surface area contributed by atoms with Crippen molar-refractivity contribution in [1.29, 1.82) is 0 Å². The summed E-state index contributed by atoms with van der Waals surface area (Å²) in [6.07, 6.45) is 1.56. The Hall–Kier alpha value is -0.0700. The number of nitrogens with two attached hydrogens (primary N) is 1. The van der Waals surface area contributed by atoms with Gasteiger partial charge in [-0.3, -0.25) is 4.68 Å². The Morgan fingerprint density at radius 1 is 1.45 bits per heavy atom. The molecule has 20 heavy (non-hydrogen) atoms. The van der Waals surface area contributed by atoms with E-state index < -0.39 is 0 Å². The lowest BCUT2D eigenvalue weighted by Gasteiger charge is -2.12. The van der Waals surface area contributed by atoms with Crippen molar-refractivity contribution in [2.75, 3.05) is 0 Å². The van der Waals surface area contributed by atoms with E-state index in [-0.39, 0.29) is 6.04 Å². The summed E-state index contributed by atoms with van der Waals surface area (Å²) in [5.41, 5.74) is 9.35. The average molecular weight is 397 g/mol. The first-order chi connectivity index (χ1) is 9.47. The lowest BCUT2D eigenvalue weighted by Crippen LogP contribution is -2.16. The molecule has 110 valence electrons. The van der Waals surface area contributed by atoms with Crippen molar-refractivity contribution in [2.24, 2.45) is 5.73 Å². The number of thiophene rings is 1. The van der Waals surface area contributed by atoms with Crippen LogP contribution < -0.4 is 5.73 Å². The van der Waals surface area contributed by atoms with Crippen molar-refractivity contribution in [3.05, 3.63) is 36.2 Å². The lowest BCUT2D eigenvalue weighted by molar-refractivity contribution is 0.585. The molecule has 2 rings (SSSR count). The molecule has 2 heterocycles. The van der Waals surface area contributed by atoms with Crippen LogP contribution in [0.1, 0.15) is 36.8 Å². The van der Waals surface area contributed by atoms with Crippen LogP contribution in [0.15, 0.2) is 10.5 Å². The number of hydrogen-bond donors (Lipinski definition) is 1. The first kappa shape index (κ1) is 16.3. The molecule has 1 unspecified atom stereocenters. The van der Waals surface area contributed by atoms with E-state index in [2.05, 4.69) is 34.9 Å². The molecule has 0 aliphatic rings. The summed E-state index contributed by atoms with van der Waals surface area (Å²) in [7, 11) is 0. The van der Waals surface area contributed by atoms with Gasteiger partial charge in [0.25, 0.3) is 0 Å². The van der Waals surface area contributed by atoms with Crippen LogP contribution in [0.2, 0.25) is 8.67 Å². The molecule has 3 nitrogen and oxygen atoms in total. The third-order valence-corrected chi connectivity index (χ3v) is 5.62. The average Bonchev–Trinajstić information content (AvgIpc) is 2.90. The molecule has 0 aromatic carbocycles. The van der Waals surface area contributed by atoms with Gasteiger partial charge in [-0.15, -0.1) is 11.3 Å². The fourth-order valence-electron chi connectivity index (χ4n) is 2.14. The zero-order valence-corrected chi connectivity index (χ0v) is 15.2. The van der Waals surface area contributed by atoms with Gasteiger partial charge in [-0.25, -0.2) is 0 Å². The largest absolute Gasteiger partial charge is 0.324 e. The van der Waals surface area contributed by atoms with Gasteiger partial charge in [0.1, 0.15) is 0 Å². The number of hydrogen-bond acceptors (Lipinski definition) is 3. The highest BCUT2D eigenvalue weighted by atomic mass is 79.9. The summed E-state index contributed by atoms with van der Waals surface area (Å²) < 4.78 is 4.37. The zero-order valence-electron chi connectivity index (χ0n) is 11.3. The van der Waals surface area contributed by atoms with Crippen LogP contribution in [-0.4, -0.2) is 9.78 Å². The topological polar surface area (TPSA) is 43.8 Å². The fraction of sp³-hybridized carbons (Fsp3) is 0.462. The van der Waals surface area contributed by atoms with Crippen molar-refractivity contribution < 1.29 is 0 Å². The van der Waals surface area contributed by atoms with Gasteiger partial charge in [-0.2, -0.15) is 5.10 Å². The van der Waals surface area contributed by atoms with Gasteiger partial charge in [0.2, 0.25) is 0 Å². The maximum absolute atomic E-state index is 6.29. The summed E-state index contributed by atoms with van der Waals surface area (Å²) in [4.78, 5) is 0. The van der Waals surface area contributed by atoms with Crippen LogP contribution in [0.5, 0.6) is 0 Å². The highest BCUT2D eigenvalue weighted by molar-refractivity contribution is 9.10. The molecule has 2 aromatic rings. The zero-order chi connectivity index (χ0) is 14.9. The van der Waals surface area contributed by atoms with Gasteiger partial charge >= 0.3 is 0 Å². The molecule has 0 aliphatic carbocycles. The molecule has 0 saturated heterocycles. The third-order valence-electron chi connectivity index (χ3n) is 3.19. The van der Waals surface area contributed by atoms with E-state index in [0.717, 1.165) is 34.4 Å². The van der Waals surface area contributed by atoms with E-state index in [0.29, 0.717) is 15.1 Å². The van der Waals surface area contributed by atoms with Gasteiger partial charge in [0.15, 0.2) is 0 Å². The van der Waals surface area contributed by atoms with Gasteiger partial charge in [0, 0.05) is 24.6 Å². The van der Waals surface area contributed by atoms with E-state index in [1.54, 1.807) is 0 Å². The monoisotopic (exact) mass is 395 g/mol. The van der Waals surface area contributed by atoms with E-state index >= 15 is 0 Å². The molecule has 0 saturated carbocycles. The minimum absolute atomic E-state index is 0.186. The molecular formula is C13H16BrCl2N3S. The molecule has 0 fully saturated rings. The second kappa shape index (κ2) is 6.79. The highest BCUT2D eigenvalue weighted by Crippen LogP contribution is 2.36. The van der Waals surface area contributed by atoms with Crippen LogP contribution in [0.4, 0.5) is 0 Å². The summed E-state index contributed by atoms with van der Waals surface area (Å²) >= 11 is 17.1. The Kier molecular flexibility index (Phi) is 5.54. The van der Waals surface area contributed by atoms with Crippen LogP contribution in [-0.2, 0) is 19.4 Å². The molecule has 2 N–H and O–H groups in total. The first-order valence-corrected chi connectivity index (χ1v) is 8.78. The third kappa shape index (κ3) is 3.22. The number of nitrogens with zero attached hydrogens (tertiary/aromatic N) is 2. The maximum Gasteiger partial charge on any atom is 0.0992 e. The molecule has 0 aliphatic heterocycles. The van der Waals surface area contributed by atoms with E-state index in [9.17, 15) is 0 Å². The van der Waals surface area contributed by atoms with E-state index in [1.165, 1.54) is 11.3 Å². The molecule has 0 spiro atoms. The number of aromatic nitrogens is 2. The number of rotatable bonds is 5. The first-order valence-electron chi connectivity index (χ1n) is 6.42. The second-order valence-corrected chi connectivity index (χ2v) is 7.55. The minimum atomic E-state index is -0.186. The summed E-state index contributed by atoms with van der Waals surface area (Å²) in [5.74, 6) is 0. The summed E-state index contributed by atoms with van der Waals surface area (Å²) in [6, 6.07) is 1.66. The van der Waals surface area contributed by atoms with Crippen molar-refractivity contribution in [2.45, 2.75) is 39.3 Å². The van der Waals surface area contributed by atoms with Gasteiger partial charge in [-0.1, -0.05) is 30.1 Å². The van der Waals surface area contributed by atoms with Crippen molar-refractivity contribution >= 4 is 50.5 Å². The standard InChI is InChI=1S/C13H16BrCl2N3S/c1-3-9-12(14)10(19(4-2)18-9)6-8(17)7-5-11(15)20-13(7)16/h5,8H,3-4,6,17H2,1-2H3. The molecule has 1 atom stereocenters. The molecule has 2 aromatic heterocycles. The van der Waals surface area contributed by atoms with Crippen molar-refractivity contribution in [3.8, 4) is 0 Å². The maximum atomic E-state index is 6.29. The highest BCUT2D eigenvalue weighted by Gasteiger charge is 2.20. The summed E-state index contributed by atoms with van der Waals surface area (Å²) in [5, 5.41) is 4.58. The number of aryl methyl sites for hydroxylation is 2. The van der Waals surface area contributed by atoms with Crippen molar-refractivity contribution in [1.82, 2.24) is 9.78 Å². The normalized spacial score (nSPS) is 12.9. The van der Waals surface area contributed by atoms with E-state index in [1.807, 2.05) is 10.7 Å². The minimum Gasteiger partial charge on any atom is -0.324 e. The predicted molar refractivity (Wildman–Crippen MR) is 90.0 cm³/mol. The Morgan fingerprint density at radius 3 is 2.65 bits per heavy atom. The van der Waals surface area contributed by atoms with Gasteiger partial charge in [-0.05, 0) is 35.3 Å². The second-order valence-electron chi connectivity index (χ2n) is 4.47. The Morgan fingerprint density at radius 2 is 2.15 bits per heavy atom. The lowest BCUT2D eigenvalue weighted by atomic mass is 10.1. The van der Waals surface area contributed by atoms with Gasteiger partial charge in [0.05, 0.1) is 24.5 Å². The predicted octanol–water partition coefficient (Wildman–Crippen LogP) is 4.84. The SMILES string of the molecule is CCc1nn(CC)c(CC(N)c2cc(Cl)sc2Cl)c1Br. The Labute approximate surface area is 141 Å². The quantitative estimate of drug-likeness (QED) is 0.785. The Bertz CT molecular complexity index is 609. The van der Waals surface area contributed by atoms with Crippen LogP contribution in [0.25, 0.3) is 0 Å². The smallest absolute Gasteiger partial charge is 0.0992 e. The van der Waals surface area contributed by atoms with Gasteiger partial charge < -0.3 is 5.73 Å². The van der Waals surface area contributed by atoms with Crippen molar-refractivity contribution in [3.63, 3.8) is 0 Å². The molecule has 7 heteroatoms. The van der Waals surface area contributed by atoms with E-state index in [4.69, 9.17) is 28.9 Å². The molecule has 0 amide bonds. The Balaban J connectivity index is 2.29. The fourth-order valence-corrected chi connectivity index (χ4v) is 4.46. The van der Waals surface area contributed by atoms with Crippen LogP contribution in [0.3, 0.4) is 0 Å².